The second-order valence-corrected chi connectivity index (χ2v) is 4.36. The van der Waals surface area contributed by atoms with E-state index in [0.29, 0.717) is 17.2 Å². The maximum atomic E-state index is 12.8. The van der Waals surface area contributed by atoms with Crippen molar-refractivity contribution in [3.05, 3.63) is 54.3 Å². The summed E-state index contributed by atoms with van der Waals surface area (Å²) in [6, 6.07) is 11.3. The number of benzene rings is 2. The number of halogens is 1. The SMILES string of the molecule is N[C@@H](CO)C(=O)Nc1ccc(Oc2ccc(F)cc2)cc1. The molecular formula is C15H15FN2O3. The Morgan fingerprint density at radius 2 is 1.67 bits per heavy atom. The Morgan fingerprint density at radius 3 is 2.19 bits per heavy atom. The molecule has 21 heavy (non-hydrogen) atoms. The predicted octanol–water partition coefficient (Wildman–Crippen LogP) is 1.88. The molecule has 0 aromatic heterocycles. The maximum Gasteiger partial charge on any atom is 0.243 e. The van der Waals surface area contributed by atoms with Crippen LogP contribution in [-0.2, 0) is 4.79 Å². The van der Waals surface area contributed by atoms with E-state index in [1.807, 2.05) is 0 Å². The Kier molecular flexibility index (Phi) is 4.86. The highest BCUT2D eigenvalue weighted by molar-refractivity contribution is 5.94. The van der Waals surface area contributed by atoms with Crippen LogP contribution in [0.25, 0.3) is 0 Å². The van der Waals surface area contributed by atoms with Crippen LogP contribution in [0.4, 0.5) is 10.1 Å². The second-order valence-electron chi connectivity index (χ2n) is 4.36. The minimum absolute atomic E-state index is 0.333. The highest BCUT2D eigenvalue weighted by Gasteiger charge is 2.11. The lowest BCUT2D eigenvalue weighted by Crippen LogP contribution is -2.38. The third-order valence-electron chi connectivity index (χ3n) is 2.70. The van der Waals surface area contributed by atoms with Crippen LogP contribution in [-0.4, -0.2) is 23.7 Å². The number of nitrogens with one attached hydrogen (secondary N) is 1. The minimum Gasteiger partial charge on any atom is -0.457 e. The first kappa shape index (κ1) is 15.0. The molecule has 1 amide bonds. The summed E-state index contributed by atoms with van der Waals surface area (Å²) in [5, 5.41) is 11.3. The van der Waals surface area contributed by atoms with Gasteiger partial charge >= 0.3 is 0 Å². The summed E-state index contributed by atoms with van der Waals surface area (Å²) in [5.74, 6) is 0.256. The standard InChI is InChI=1S/C15H15FN2O3/c16-10-1-5-12(6-2-10)21-13-7-3-11(4-8-13)18-15(20)14(17)9-19/h1-8,14,19H,9,17H2,(H,18,20)/t14-/m0/s1. The summed E-state index contributed by atoms with van der Waals surface area (Å²) in [6.45, 7) is -0.419. The molecule has 2 aromatic rings. The molecule has 2 rings (SSSR count). The molecule has 0 aliphatic carbocycles. The van der Waals surface area contributed by atoms with Gasteiger partial charge in [-0.15, -0.1) is 0 Å². The normalized spacial score (nSPS) is 11.8. The number of rotatable bonds is 5. The highest BCUT2D eigenvalue weighted by atomic mass is 19.1. The van der Waals surface area contributed by atoms with E-state index in [4.69, 9.17) is 15.6 Å². The molecule has 0 saturated heterocycles. The number of carbonyl (C=O) groups is 1. The lowest BCUT2D eigenvalue weighted by atomic mass is 10.2. The monoisotopic (exact) mass is 290 g/mol. The van der Waals surface area contributed by atoms with Gasteiger partial charge in [-0.05, 0) is 48.5 Å². The summed E-state index contributed by atoms with van der Waals surface area (Å²) < 4.78 is 18.3. The molecule has 0 saturated carbocycles. The Balaban J connectivity index is 1.98. The lowest BCUT2D eigenvalue weighted by Gasteiger charge is -2.10. The molecule has 110 valence electrons. The Bertz CT molecular complexity index is 599. The molecule has 0 unspecified atom stereocenters. The average Bonchev–Trinajstić information content (AvgIpc) is 2.50. The van der Waals surface area contributed by atoms with Gasteiger partial charge < -0.3 is 20.9 Å². The van der Waals surface area contributed by atoms with Crippen molar-refractivity contribution in [2.24, 2.45) is 5.73 Å². The number of anilines is 1. The number of aliphatic hydroxyl groups is 1. The van der Waals surface area contributed by atoms with E-state index in [1.165, 1.54) is 24.3 Å². The zero-order valence-corrected chi connectivity index (χ0v) is 11.1. The van der Waals surface area contributed by atoms with Gasteiger partial charge in [-0.2, -0.15) is 0 Å². The van der Waals surface area contributed by atoms with Gasteiger partial charge in [0.25, 0.3) is 0 Å². The van der Waals surface area contributed by atoms with Gasteiger partial charge in [-0.3, -0.25) is 4.79 Å². The van der Waals surface area contributed by atoms with Gasteiger partial charge in [0.05, 0.1) is 6.61 Å². The van der Waals surface area contributed by atoms with Crippen molar-refractivity contribution in [3.8, 4) is 11.5 Å². The van der Waals surface area contributed by atoms with Crippen molar-refractivity contribution < 1.29 is 19.0 Å². The minimum atomic E-state index is -0.958. The number of carbonyl (C=O) groups excluding carboxylic acids is 1. The summed E-state index contributed by atoms with van der Waals surface area (Å²) in [7, 11) is 0. The Labute approximate surface area is 121 Å². The van der Waals surface area contributed by atoms with E-state index < -0.39 is 18.6 Å². The van der Waals surface area contributed by atoms with Crippen molar-refractivity contribution >= 4 is 11.6 Å². The van der Waals surface area contributed by atoms with Gasteiger partial charge in [0.2, 0.25) is 5.91 Å². The van der Waals surface area contributed by atoms with Crippen LogP contribution >= 0.6 is 0 Å². The molecule has 0 radical (unpaired) electrons. The molecule has 0 fully saturated rings. The molecule has 0 heterocycles. The van der Waals surface area contributed by atoms with Crippen molar-refractivity contribution in [2.75, 3.05) is 11.9 Å². The first-order chi connectivity index (χ1) is 10.1. The molecular weight excluding hydrogens is 275 g/mol. The van der Waals surface area contributed by atoms with Crippen LogP contribution in [0.2, 0.25) is 0 Å². The fourth-order valence-electron chi connectivity index (χ4n) is 1.56. The number of amides is 1. The first-order valence-electron chi connectivity index (χ1n) is 6.29. The van der Waals surface area contributed by atoms with Gasteiger partial charge in [0, 0.05) is 5.69 Å². The summed E-state index contributed by atoms with van der Waals surface area (Å²) in [6.07, 6.45) is 0. The molecule has 0 aliphatic rings. The van der Waals surface area contributed by atoms with Crippen LogP contribution in [0.3, 0.4) is 0 Å². The quantitative estimate of drug-likeness (QED) is 0.785. The fraction of sp³-hybridized carbons (Fsp3) is 0.133. The van der Waals surface area contributed by atoms with Gasteiger partial charge in [0.1, 0.15) is 23.4 Å². The number of hydrogen-bond acceptors (Lipinski definition) is 4. The number of aliphatic hydroxyl groups excluding tert-OH is 1. The number of nitrogens with two attached hydrogens (primary N) is 1. The van der Waals surface area contributed by atoms with E-state index >= 15 is 0 Å². The van der Waals surface area contributed by atoms with Gasteiger partial charge in [0.15, 0.2) is 0 Å². The van der Waals surface area contributed by atoms with E-state index in [0.717, 1.165) is 0 Å². The highest BCUT2D eigenvalue weighted by Crippen LogP contribution is 2.23. The number of ether oxygens (including phenoxy) is 1. The van der Waals surface area contributed by atoms with Crippen LogP contribution < -0.4 is 15.8 Å². The van der Waals surface area contributed by atoms with Crippen LogP contribution in [0, 0.1) is 5.82 Å². The zero-order chi connectivity index (χ0) is 15.2. The molecule has 5 nitrogen and oxygen atoms in total. The third-order valence-corrected chi connectivity index (χ3v) is 2.70. The summed E-state index contributed by atoms with van der Waals surface area (Å²) >= 11 is 0. The van der Waals surface area contributed by atoms with Crippen LogP contribution in [0.1, 0.15) is 0 Å². The van der Waals surface area contributed by atoms with Crippen molar-refractivity contribution in [1.29, 1.82) is 0 Å². The second kappa shape index (κ2) is 6.83. The smallest absolute Gasteiger partial charge is 0.243 e. The van der Waals surface area contributed by atoms with Gasteiger partial charge in [-0.25, -0.2) is 4.39 Å². The van der Waals surface area contributed by atoms with Crippen molar-refractivity contribution in [1.82, 2.24) is 0 Å². The van der Waals surface area contributed by atoms with E-state index in [-0.39, 0.29) is 5.82 Å². The predicted molar refractivity (Wildman–Crippen MR) is 76.6 cm³/mol. The topological polar surface area (TPSA) is 84.6 Å². The van der Waals surface area contributed by atoms with E-state index in [9.17, 15) is 9.18 Å². The molecule has 0 bridgehead atoms. The zero-order valence-electron chi connectivity index (χ0n) is 11.1. The third kappa shape index (κ3) is 4.27. The first-order valence-corrected chi connectivity index (χ1v) is 6.29. The Hall–Kier alpha value is -2.44. The number of hydrogen-bond donors (Lipinski definition) is 3. The molecule has 4 N–H and O–H groups in total. The largest absolute Gasteiger partial charge is 0.457 e. The van der Waals surface area contributed by atoms with E-state index in [1.54, 1.807) is 24.3 Å². The van der Waals surface area contributed by atoms with Crippen molar-refractivity contribution in [3.63, 3.8) is 0 Å². The summed E-state index contributed by atoms with van der Waals surface area (Å²) in [5.41, 5.74) is 5.93. The van der Waals surface area contributed by atoms with Crippen molar-refractivity contribution in [2.45, 2.75) is 6.04 Å². The van der Waals surface area contributed by atoms with Crippen LogP contribution in [0.5, 0.6) is 11.5 Å². The van der Waals surface area contributed by atoms with Gasteiger partial charge in [-0.1, -0.05) is 0 Å². The molecule has 0 aliphatic heterocycles. The molecule has 1 atom stereocenters. The summed E-state index contributed by atoms with van der Waals surface area (Å²) in [4.78, 5) is 11.5. The van der Waals surface area contributed by atoms with E-state index in [2.05, 4.69) is 5.32 Å². The lowest BCUT2D eigenvalue weighted by molar-refractivity contribution is -0.118. The van der Waals surface area contributed by atoms with Crippen LogP contribution in [0.15, 0.2) is 48.5 Å². The molecule has 6 heteroatoms. The fourth-order valence-corrected chi connectivity index (χ4v) is 1.56. The average molecular weight is 290 g/mol. The molecule has 2 aromatic carbocycles. The molecule has 0 spiro atoms. The Morgan fingerprint density at radius 1 is 1.14 bits per heavy atom. The maximum absolute atomic E-state index is 12.8.